The van der Waals surface area contributed by atoms with Gasteiger partial charge in [0.1, 0.15) is 5.01 Å². The Labute approximate surface area is 191 Å². The minimum absolute atomic E-state index is 0.137. The highest BCUT2D eigenvalue weighted by Crippen LogP contribution is 2.38. The number of ketones is 1. The molecule has 3 aromatic rings. The van der Waals surface area contributed by atoms with E-state index in [0.29, 0.717) is 6.04 Å². The Morgan fingerprint density at radius 1 is 1.10 bits per heavy atom. The minimum Gasteiger partial charge on any atom is -0.340 e. The number of carbonyl (C=O) groups is 1. The summed E-state index contributed by atoms with van der Waals surface area (Å²) in [6.45, 7) is 10.2. The molecule has 31 heavy (non-hydrogen) atoms. The van der Waals surface area contributed by atoms with Crippen molar-refractivity contribution >= 4 is 17.1 Å². The zero-order chi connectivity index (χ0) is 22.4. The van der Waals surface area contributed by atoms with Crippen molar-refractivity contribution in [1.82, 2.24) is 9.55 Å². The van der Waals surface area contributed by atoms with Gasteiger partial charge in [-0.25, -0.2) is 4.98 Å². The molecule has 0 atom stereocenters. The Bertz CT molecular complexity index is 1010. The average molecular weight is 437 g/mol. The van der Waals surface area contributed by atoms with Crippen LogP contribution in [0.4, 0.5) is 0 Å². The third-order valence-corrected chi connectivity index (χ3v) is 7.13. The predicted molar refractivity (Wildman–Crippen MR) is 133 cm³/mol. The van der Waals surface area contributed by atoms with Gasteiger partial charge in [-0.15, -0.1) is 11.3 Å². The molecule has 4 heteroatoms. The summed E-state index contributed by atoms with van der Waals surface area (Å²) < 4.78 is 2.40. The zero-order valence-corrected chi connectivity index (χ0v) is 20.5. The van der Waals surface area contributed by atoms with E-state index in [1.54, 1.807) is 18.3 Å². The highest BCUT2D eigenvalue weighted by Gasteiger charge is 2.25. The second-order valence-electron chi connectivity index (χ2n) is 8.60. The monoisotopic (exact) mass is 436 g/mol. The fourth-order valence-corrected chi connectivity index (χ4v) is 5.22. The fraction of sp³-hybridized carbons (Fsp3) is 0.481. The number of hydrogen-bond acceptors (Lipinski definition) is 3. The third-order valence-electron chi connectivity index (χ3n) is 6.25. The second kappa shape index (κ2) is 10.9. The van der Waals surface area contributed by atoms with Crippen LogP contribution in [0.15, 0.2) is 35.7 Å². The van der Waals surface area contributed by atoms with E-state index in [4.69, 9.17) is 4.98 Å². The molecule has 2 heterocycles. The maximum atomic E-state index is 12.2. The van der Waals surface area contributed by atoms with Crippen molar-refractivity contribution in [2.45, 2.75) is 85.6 Å². The average Bonchev–Trinajstić information content (AvgIpc) is 3.39. The SMILES string of the molecule is CC(=O)c1cc(-c2csc(-c3ccccc3C)n2)n(C2CCCCC2)c1C.CCCC. The van der Waals surface area contributed by atoms with Gasteiger partial charge in [0, 0.05) is 28.2 Å². The van der Waals surface area contributed by atoms with E-state index in [0.717, 1.165) is 27.7 Å². The number of aromatic nitrogens is 2. The van der Waals surface area contributed by atoms with Crippen LogP contribution < -0.4 is 0 Å². The highest BCUT2D eigenvalue weighted by atomic mass is 32.1. The molecule has 4 rings (SSSR count). The van der Waals surface area contributed by atoms with Gasteiger partial charge in [0.15, 0.2) is 5.78 Å². The predicted octanol–water partition coefficient (Wildman–Crippen LogP) is 8.41. The van der Waals surface area contributed by atoms with E-state index in [-0.39, 0.29) is 5.78 Å². The van der Waals surface area contributed by atoms with Gasteiger partial charge < -0.3 is 4.57 Å². The molecule has 0 spiro atoms. The summed E-state index contributed by atoms with van der Waals surface area (Å²) in [7, 11) is 0. The summed E-state index contributed by atoms with van der Waals surface area (Å²) in [5.41, 5.74) is 6.44. The van der Waals surface area contributed by atoms with Gasteiger partial charge in [-0.1, -0.05) is 70.2 Å². The summed E-state index contributed by atoms with van der Waals surface area (Å²) in [5, 5.41) is 3.18. The van der Waals surface area contributed by atoms with Crippen molar-refractivity contribution in [3.05, 3.63) is 52.5 Å². The summed E-state index contributed by atoms with van der Waals surface area (Å²) in [4.78, 5) is 17.2. The summed E-state index contributed by atoms with van der Waals surface area (Å²) >= 11 is 1.68. The van der Waals surface area contributed by atoms with Crippen molar-refractivity contribution in [2.75, 3.05) is 0 Å². The van der Waals surface area contributed by atoms with Crippen LogP contribution in [0.3, 0.4) is 0 Å². The molecular weight excluding hydrogens is 400 g/mol. The van der Waals surface area contributed by atoms with Gasteiger partial charge in [0.2, 0.25) is 0 Å². The topological polar surface area (TPSA) is 34.9 Å². The first-order valence-corrected chi connectivity index (χ1v) is 12.6. The van der Waals surface area contributed by atoms with Crippen LogP contribution in [0.1, 0.15) is 93.4 Å². The molecule has 1 aromatic carbocycles. The Hall–Kier alpha value is -2.20. The summed E-state index contributed by atoms with van der Waals surface area (Å²) in [6.07, 6.45) is 8.87. The Morgan fingerprint density at radius 3 is 2.39 bits per heavy atom. The molecule has 1 saturated carbocycles. The second-order valence-corrected chi connectivity index (χ2v) is 9.46. The van der Waals surface area contributed by atoms with Crippen molar-refractivity contribution in [3.8, 4) is 22.0 Å². The lowest BCUT2D eigenvalue weighted by atomic mass is 9.95. The first kappa shape index (κ1) is 23.5. The van der Waals surface area contributed by atoms with E-state index < -0.39 is 0 Å². The van der Waals surface area contributed by atoms with E-state index in [9.17, 15) is 4.79 Å². The van der Waals surface area contributed by atoms with Crippen LogP contribution in [-0.2, 0) is 0 Å². The number of hydrogen-bond donors (Lipinski definition) is 0. The van der Waals surface area contributed by atoms with Crippen LogP contribution in [0.5, 0.6) is 0 Å². The highest BCUT2D eigenvalue weighted by molar-refractivity contribution is 7.13. The number of rotatable bonds is 5. The Kier molecular flexibility index (Phi) is 8.25. The molecule has 0 saturated heterocycles. The Morgan fingerprint density at radius 2 is 1.77 bits per heavy atom. The van der Waals surface area contributed by atoms with Gasteiger partial charge in [-0.05, 0) is 45.2 Å². The van der Waals surface area contributed by atoms with Gasteiger partial charge in [0.25, 0.3) is 0 Å². The molecule has 1 fully saturated rings. The molecule has 2 aromatic heterocycles. The Balaban J connectivity index is 0.000000628. The molecule has 1 aliphatic rings. The van der Waals surface area contributed by atoms with Crippen LogP contribution >= 0.6 is 11.3 Å². The molecule has 1 aliphatic carbocycles. The first-order chi connectivity index (χ1) is 15.0. The number of nitrogens with zero attached hydrogens (tertiary/aromatic N) is 2. The number of benzene rings is 1. The van der Waals surface area contributed by atoms with E-state index in [1.165, 1.54) is 56.1 Å². The van der Waals surface area contributed by atoms with Gasteiger partial charge >= 0.3 is 0 Å². The fourth-order valence-electron chi connectivity index (χ4n) is 4.31. The molecule has 0 aliphatic heterocycles. The van der Waals surface area contributed by atoms with Crippen molar-refractivity contribution in [3.63, 3.8) is 0 Å². The lowest BCUT2D eigenvalue weighted by Gasteiger charge is -2.26. The molecule has 3 nitrogen and oxygen atoms in total. The maximum Gasteiger partial charge on any atom is 0.161 e. The van der Waals surface area contributed by atoms with Crippen molar-refractivity contribution < 1.29 is 4.79 Å². The number of carbonyl (C=O) groups excluding carboxylic acids is 1. The molecule has 0 bridgehead atoms. The summed E-state index contributed by atoms with van der Waals surface area (Å²) in [6, 6.07) is 10.9. The van der Waals surface area contributed by atoms with E-state index >= 15 is 0 Å². The van der Waals surface area contributed by atoms with Crippen molar-refractivity contribution in [1.29, 1.82) is 0 Å². The summed E-state index contributed by atoms with van der Waals surface area (Å²) in [5.74, 6) is 0.137. The van der Waals surface area contributed by atoms with Crippen LogP contribution in [-0.4, -0.2) is 15.3 Å². The van der Waals surface area contributed by atoms with Crippen molar-refractivity contribution in [2.24, 2.45) is 0 Å². The number of unbranched alkanes of at least 4 members (excludes halogenated alkanes) is 1. The van der Waals surface area contributed by atoms with Crippen LogP contribution in [0.25, 0.3) is 22.0 Å². The smallest absolute Gasteiger partial charge is 0.161 e. The quantitative estimate of drug-likeness (QED) is 0.376. The molecule has 166 valence electrons. The standard InChI is InChI=1S/C23H26N2OS.C4H10/c1-15-9-7-8-12-19(15)23-24-21(14-27-23)22-13-20(17(3)26)16(2)25(22)18-10-5-4-6-11-18;1-3-4-2/h7-9,12-14,18H,4-6,10-11H2,1-3H3;3-4H2,1-2H3. The molecule has 0 amide bonds. The number of Topliss-reactive ketones (excluding diaryl/α,β-unsaturated/α-hetero) is 1. The largest absolute Gasteiger partial charge is 0.340 e. The molecule has 0 unspecified atom stereocenters. The van der Waals surface area contributed by atoms with Gasteiger partial charge in [0.05, 0.1) is 11.4 Å². The number of aryl methyl sites for hydroxylation is 1. The normalized spacial score (nSPS) is 14.2. The van der Waals surface area contributed by atoms with Gasteiger partial charge in [-0.2, -0.15) is 0 Å². The maximum absolute atomic E-state index is 12.2. The minimum atomic E-state index is 0.137. The van der Waals surface area contributed by atoms with Crippen LogP contribution in [0, 0.1) is 13.8 Å². The zero-order valence-electron chi connectivity index (χ0n) is 19.7. The number of thiazole rings is 1. The molecule has 0 N–H and O–H groups in total. The molecular formula is C27H36N2OS. The molecule has 0 radical (unpaired) electrons. The van der Waals surface area contributed by atoms with E-state index in [1.807, 2.05) is 0 Å². The van der Waals surface area contributed by atoms with Gasteiger partial charge in [-0.3, -0.25) is 4.79 Å². The lowest BCUT2D eigenvalue weighted by Crippen LogP contribution is -2.15. The lowest BCUT2D eigenvalue weighted by molar-refractivity contribution is 0.101. The third kappa shape index (κ3) is 5.35. The van der Waals surface area contributed by atoms with Crippen LogP contribution in [0.2, 0.25) is 0 Å². The first-order valence-electron chi connectivity index (χ1n) is 11.7. The van der Waals surface area contributed by atoms with E-state index in [2.05, 4.69) is 68.0 Å².